The number of halogens is 1. The van der Waals surface area contributed by atoms with Gasteiger partial charge in [0.15, 0.2) is 23.1 Å². The monoisotopic (exact) mass is 379 g/mol. The van der Waals surface area contributed by atoms with E-state index in [9.17, 15) is 9.50 Å². The number of pyridine rings is 1. The SMILES string of the molecule is Cc1cccc(NC(=S)/C(=C(\O)c2ccc(F)cc2)[n+]2ccccc2)c1C. The predicted octanol–water partition coefficient (Wildman–Crippen LogP) is 5.05. The molecule has 1 heterocycles. The predicted molar refractivity (Wildman–Crippen MR) is 111 cm³/mol. The quantitative estimate of drug-likeness (QED) is 0.288. The fraction of sp³-hybridized carbons (Fsp3) is 0.0909. The number of anilines is 1. The molecule has 0 saturated heterocycles. The van der Waals surface area contributed by atoms with Crippen molar-refractivity contribution in [3.63, 3.8) is 0 Å². The van der Waals surface area contributed by atoms with Crippen LogP contribution in [0, 0.1) is 19.7 Å². The van der Waals surface area contributed by atoms with Gasteiger partial charge in [0.2, 0.25) is 0 Å². The Morgan fingerprint density at radius 2 is 1.63 bits per heavy atom. The molecular formula is C22H20FN2OS+. The van der Waals surface area contributed by atoms with Crippen molar-refractivity contribution >= 4 is 34.3 Å². The van der Waals surface area contributed by atoms with Crippen molar-refractivity contribution in [1.29, 1.82) is 0 Å². The van der Waals surface area contributed by atoms with E-state index in [1.54, 1.807) is 17.0 Å². The van der Waals surface area contributed by atoms with Gasteiger partial charge in [-0.3, -0.25) is 0 Å². The molecule has 0 amide bonds. The molecule has 0 aliphatic heterocycles. The lowest BCUT2D eigenvalue weighted by molar-refractivity contribution is -0.575. The maximum absolute atomic E-state index is 13.3. The van der Waals surface area contributed by atoms with Crippen LogP contribution >= 0.6 is 12.2 Å². The molecule has 3 aromatic rings. The zero-order chi connectivity index (χ0) is 19.4. The van der Waals surface area contributed by atoms with Gasteiger partial charge in [0.05, 0.1) is 0 Å². The summed E-state index contributed by atoms with van der Waals surface area (Å²) >= 11 is 5.62. The van der Waals surface area contributed by atoms with Gasteiger partial charge in [-0.15, -0.1) is 0 Å². The fourth-order valence-electron chi connectivity index (χ4n) is 2.71. The number of nitrogens with one attached hydrogen (secondary N) is 1. The number of hydrogen-bond donors (Lipinski definition) is 2. The Bertz CT molecular complexity index is 999. The molecule has 0 spiro atoms. The zero-order valence-electron chi connectivity index (χ0n) is 15.1. The standard InChI is InChI=1S/C22H19FN2OS/c1-15-7-6-8-19(16(15)2)24-22(27)20(25-13-4-3-5-14-25)21(26)17-9-11-18(23)12-10-17/h3-14H,1-2H3,(H-,24,26,27)/p+1. The van der Waals surface area contributed by atoms with Crippen molar-refractivity contribution < 1.29 is 14.1 Å². The van der Waals surface area contributed by atoms with E-state index in [1.807, 2.05) is 50.2 Å². The number of aliphatic hydroxyl groups is 1. The molecule has 0 unspecified atom stereocenters. The molecule has 0 aliphatic rings. The highest BCUT2D eigenvalue weighted by Crippen LogP contribution is 2.22. The highest BCUT2D eigenvalue weighted by molar-refractivity contribution is 7.81. The van der Waals surface area contributed by atoms with Gasteiger partial charge in [0.25, 0.3) is 5.70 Å². The number of benzene rings is 2. The lowest BCUT2D eigenvalue weighted by Crippen LogP contribution is -2.38. The van der Waals surface area contributed by atoms with E-state index in [1.165, 1.54) is 24.3 Å². The first-order valence-electron chi connectivity index (χ1n) is 8.51. The molecule has 0 fully saturated rings. The minimum Gasteiger partial charge on any atom is -0.502 e. The molecule has 2 aromatic carbocycles. The molecule has 2 N–H and O–H groups in total. The molecule has 136 valence electrons. The lowest BCUT2D eigenvalue weighted by Gasteiger charge is -2.13. The normalized spacial score (nSPS) is 11.7. The third-order valence-electron chi connectivity index (χ3n) is 4.38. The van der Waals surface area contributed by atoms with Gasteiger partial charge >= 0.3 is 0 Å². The van der Waals surface area contributed by atoms with Crippen LogP contribution < -0.4 is 9.88 Å². The molecule has 3 rings (SSSR count). The Kier molecular flexibility index (Phi) is 5.62. The van der Waals surface area contributed by atoms with Gasteiger partial charge < -0.3 is 10.4 Å². The van der Waals surface area contributed by atoms with E-state index in [4.69, 9.17) is 12.2 Å². The average molecular weight is 379 g/mol. The van der Waals surface area contributed by atoms with E-state index in [0.29, 0.717) is 16.2 Å². The maximum Gasteiger partial charge on any atom is 0.288 e. The molecular weight excluding hydrogens is 359 g/mol. The summed E-state index contributed by atoms with van der Waals surface area (Å²) in [6.45, 7) is 4.04. The topological polar surface area (TPSA) is 36.1 Å². The molecule has 5 heteroatoms. The van der Waals surface area contributed by atoms with Crippen molar-refractivity contribution in [2.75, 3.05) is 5.32 Å². The van der Waals surface area contributed by atoms with E-state index in [2.05, 4.69) is 5.32 Å². The summed E-state index contributed by atoms with van der Waals surface area (Å²) < 4.78 is 15.0. The molecule has 0 saturated carbocycles. The average Bonchev–Trinajstić information content (AvgIpc) is 2.67. The largest absolute Gasteiger partial charge is 0.502 e. The number of nitrogens with zero attached hydrogens (tertiary/aromatic N) is 1. The first-order chi connectivity index (χ1) is 13.0. The Morgan fingerprint density at radius 3 is 2.30 bits per heavy atom. The van der Waals surface area contributed by atoms with Crippen molar-refractivity contribution in [1.82, 2.24) is 0 Å². The molecule has 0 atom stereocenters. The number of aryl methyl sites for hydroxylation is 1. The second-order valence-corrected chi connectivity index (χ2v) is 6.60. The summed E-state index contributed by atoms with van der Waals surface area (Å²) in [5.41, 5.74) is 3.99. The van der Waals surface area contributed by atoms with Crippen LogP contribution in [0.25, 0.3) is 11.5 Å². The van der Waals surface area contributed by atoms with Gasteiger partial charge in [0, 0.05) is 23.4 Å². The third kappa shape index (κ3) is 4.20. The Balaban J connectivity index is 2.07. The third-order valence-corrected chi connectivity index (χ3v) is 4.68. The van der Waals surface area contributed by atoms with Crippen LogP contribution in [0.5, 0.6) is 0 Å². The van der Waals surface area contributed by atoms with Gasteiger partial charge in [-0.05, 0) is 55.3 Å². The van der Waals surface area contributed by atoms with Crippen LogP contribution in [0.3, 0.4) is 0 Å². The summed E-state index contributed by atoms with van der Waals surface area (Å²) in [6, 6.07) is 17.1. The zero-order valence-corrected chi connectivity index (χ0v) is 15.9. The minimum atomic E-state index is -0.364. The highest BCUT2D eigenvalue weighted by atomic mass is 32.1. The Morgan fingerprint density at radius 1 is 0.963 bits per heavy atom. The lowest BCUT2D eigenvalue weighted by atomic mass is 10.1. The number of thiocarbonyl (C=S) groups is 1. The van der Waals surface area contributed by atoms with Crippen molar-refractivity contribution in [2.45, 2.75) is 13.8 Å². The van der Waals surface area contributed by atoms with Gasteiger partial charge in [0.1, 0.15) is 5.82 Å². The van der Waals surface area contributed by atoms with Gasteiger partial charge in [-0.2, -0.15) is 4.57 Å². The second-order valence-electron chi connectivity index (χ2n) is 6.19. The van der Waals surface area contributed by atoms with Crippen molar-refractivity contribution in [3.05, 3.63) is 95.6 Å². The van der Waals surface area contributed by atoms with Crippen LogP contribution in [0.2, 0.25) is 0 Å². The molecule has 1 aromatic heterocycles. The maximum atomic E-state index is 13.3. The number of aliphatic hydroxyl groups excluding tert-OH is 1. The van der Waals surface area contributed by atoms with E-state index < -0.39 is 0 Å². The highest BCUT2D eigenvalue weighted by Gasteiger charge is 2.24. The van der Waals surface area contributed by atoms with Crippen LogP contribution in [-0.2, 0) is 0 Å². The summed E-state index contributed by atoms with van der Waals surface area (Å²) in [6.07, 6.45) is 3.60. The summed E-state index contributed by atoms with van der Waals surface area (Å²) in [7, 11) is 0. The first kappa shape index (κ1) is 18.7. The first-order valence-corrected chi connectivity index (χ1v) is 8.91. The minimum absolute atomic E-state index is 0.0333. The molecule has 0 radical (unpaired) electrons. The number of rotatable bonds is 4. The van der Waals surface area contributed by atoms with Gasteiger partial charge in [-0.1, -0.05) is 30.4 Å². The summed E-state index contributed by atoms with van der Waals surface area (Å²) in [5.74, 6) is -0.398. The van der Waals surface area contributed by atoms with Crippen LogP contribution in [0.1, 0.15) is 16.7 Å². The van der Waals surface area contributed by atoms with Crippen LogP contribution in [0.4, 0.5) is 10.1 Å². The Labute approximate surface area is 163 Å². The number of hydrogen-bond acceptors (Lipinski definition) is 2. The second kappa shape index (κ2) is 8.10. The van der Waals surface area contributed by atoms with Crippen molar-refractivity contribution in [3.8, 4) is 0 Å². The molecule has 3 nitrogen and oxygen atoms in total. The fourth-order valence-corrected chi connectivity index (χ4v) is 3.02. The van der Waals surface area contributed by atoms with Gasteiger partial charge in [-0.25, -0.2) is 4.39 Å². The Hall–Kier alpha value is -3.05. The smallest absolute Gasteiger partial charge is 0.288 e. The van der Waals surface area contributed by atoms with Crippen LogP contribution in [-0.4, -0.2) is 10.1 Å². The van der Waals surface area contributed by atoms with E-state index >= 15 is 0 Å². The molecule has 0 bridgehead atoms. The summed E-state index contributed by atoms with van der Waals surface area (Å²) in [4.78, 5) is 0.363. The molecule has 27 heavy (non-hydrogen) atoms. The van der Waals surface area contributed by atoms with Crippen molar-refractivity contribution in [2.24, 2.45) is 0 Å². The van der Waals surface area contributed by atoms with Crippen LogP contribution in [0.15, 0.2) is 73.1 Å². The summed E-state index contributed by atoms with van der Waals surface area (Å²) in [5, 5.41) is 14.1. The number of aromatic nitrogens is 1. The van der Waals surface area contributed by atoms with E-state index in [0.717, 1.165) is 16.8 Å². The molecule has 0 aliphatic carbocycles. The van der Waals surface area contributed by atoms with E-state index in [-0.39, 0.29) is 11.6 Å².